The van der Waals surface area contributed by atoms with Crippen LogP contribution in [-0.2, 0) is 0 Å². The second-order valence-corrected chi connectivity index (χ2v) is 7.28. The Morgan fingerprint density at radius 1 is 1.37 bits per heavy atom. The van der Waals surface area contributed by atoms with E-state index in [0.717, 1.165) is 11.3 Å². The molecule has 2 heterocycles. The lowest BCUT2D eigenvalue weighted by Crippen LogP contribution is -2.15. The van der Waals surface area contributed by atoms with Gasteiger partial charge in [0, 0.05) is 17.5 Å². The molecule has 0 aliphatic heterocycles. The number of ether oxygens (including phenoxy) is 2. The summed E-state index contributed by atoms with van der Waals surface area (Å²) in [6.07, 6.45) is -0.365. The molecule has 3 N–H and O–H groups in total. The standard InChI is InChI=1S/C18H16ClFN4O5S/c1-8-5-9(14-12(28-2)4-3-11(19)15(14)20)10(6-21-8)16(27)22-17-23-24-18(30-17)29-7-13(25)26/h3-6,13,25-26H,7H2,1-2H3,(H,22,23,27). The number of nitrogens with one attached hydrogen (secondary N) is 1. The van der Waals surface area contributed by atoms with Crippen LogP contribution in [0.15, 0.2) is 24.4 Å². The Morgan fingerprint density at radius 3 is 2.83 bits per heavy atom. The van der Waals surface area contributed by atoms with Gasteiger partial charge in [-0.1, -0.05) is 16.7 Å². The van der Waals surface area contributed by atoms with Gasteiger partial charge in [-0.25, -0.2) is 4.39 Å². The highest BCUT2D eigenvalue weighted by molar-refractivity contribution is 7.17. The molecule has 1 aromatic carbocycles. The summed E-state index contributed by atoms with van der Waals surface area (Å²) >= 11 is 6.81. The average Bonchev–Trinajstić information content (AvgIpc) is 3.15. The summed E-state index contributed by atoms with van der Waals surface area (Å²) in [5, 5.41) is 27.6. The maximum absolute atomic E-state index is 14.8. The number of hydrogen-bond donors (Lipinski definition) is 3. The second kappa shape index (κ2) is 9.30. The van der Waals surface area contributed by atoms with Crippen molar-refractivity contribution in [2.24, 2.45) is 0 Å². The lowest BCUT2D eigenvalue weighted by atomic mass is 9.98. The van der Waals surface area contributed by atoms with E-state index in [0.29, 0.717) is 5.69 Å². The van der Waals surface area contributed by atoms with Crippen LogP contribution < -0.4 is 14.8 Å². The van der Waals surface area contributed by atoms with Crippen LogP contribution in [0, 0.1) is 12.7 Å². The number of amides is 1. The number of hydrogen-bond acceptors (Lipinski definition) is 9. The number of aliphatic hydroxyl groups is 2. The summed E-state index contributed by atoms with van der Waals surface area (Å²) in [7, 11) is 1.38. The van der Waals surface area contributed by atoms with Crippen LogP contribution >= 0.6 is 22.9 Å². The third-order valence-corrected chi connectivity index (χ3v) is 4.86. The first kappa shape index (κ1) is 21.8. The van der Waals surface area contributed by atoms with Gasteiger partial charge in [0.25, 0.3) is 11.1 Å². The van der Waals surface area contributed by atoms with E-state index in [2.05, 4.69) is 20.5 Å². The van der Waals surface area contributed by atoms with Crippen LogP contribution in [0.2, 0.25) is 5.02 Å². The Bertz CT molecular complexity index is 1080. The molecule has 12 heteroatoms. The minimum atomic E-state index is -1.67. The molecular formula is C18H16ClFN4O5S. The molecule has 0 unspecified atom stereocenters. The normalized spacial score (nSPS) is 10.9. The minimum absolute atomic E-state index is 0.0267. The molecule has 0 fully saturated rings. The van der Waals surface area contributed by atoms with Gasteiger partial charge in [0.05, 0.1) is 23.3 Å². The Labute approximate surface area is 179 Å². The van der Waals surface area contributed by atoms with Gasteiger partial charge in [0.2, 0.25) is 5.13 Å². The predicted octanol–water partition coefficient (Wildman–Crippen LogP) is 2.65. The number of rotatable bonds is 7. The van der Waals surface area contributed by atoms with Crippen LogP contribution in [0.5, 0.6) is 10.9 Å². The summed E-state index contributed by atoms with van der Waals surface area (Å²) in [6, 6.07) is 4.41. The molecule has 9 nitrogen and oxygen atoms in total. The quantitative estimate of drug-likeness (QED) is 0.465. The molecule has 30 heavy (non-hydrogen) atoms. The van der Waals surface area contributed by atoms with Crippen molar-refractivity contribution in [3.63, 3.8) is 0 Å². The molecule has 0 saturated heterocycles. The molecule has 0 spiro atoms. The number of pyridine rings is 1. The van der Waals surface area contributed by atoms with Crippen molar-refractivity contribution in [3.8, 4) is 22.1 Å². The molecule has 0 saturated carbocycles. The number of methoxy groups -OCH3 is 1. The summed E-state index contributed by atoms with van der Waals surface area (Å²) < 4.78 is 25.1. The number of aryl methyl sites for hydroxylation is 1. The fourth-order valence-corrected chi connectivity index (χ4v) is 3.29. The zero-order chi connectivity index (χ0) is 21.8. The number of anilines is 1. The number of aromatic nitrogens is 3. The van der Waals surface area contributed by atoms with E-state index < -0.39 is 24.6 Å². The van der Waals surface area contributed by atoms with Gasteiger partial charge in [0.15, 0.2) is 12.1 Å². The molecule has 158 valence electrons. The summed E-state index contributed by atoms with van der Waals surface area (Å²) in [6.45, 7) is 1.30. The minimum Gasteiger partial charge on any atom is -0.496 e. The second-order valence-electron chi connectivity index (χ2n) is 5.93. The largest absolute Gasteiger partial charge is 0.496 e. The van der Waals surface area contributed by atoms with Crippen molar-refractivity contribution in [2.45, 2.75) is 13.2 Å². The van der Waals surface area contributed by atoms with Crippen molar-refractivity contribution in [1.29, 1.82) is 0 Å². The first-order valence-corrected chi connectivity index (χ1v) is 9.62. The summed E-state index contributed by atoms with van der Waals surface area (Å²) in [5.41, 5.74) is 0.876. The fraction of sp³-hybridized carbons (Fsp3) is 0.222. The van der Waals surface area contributed by atoms with Crippen LogP contribution in [0.3, 0.4) is 0 Å². The third kappa shape index (κ3) is 4.82. The van der Waals surface area contributed by atoms with Crippen LogP contribution in [0.4, 0.5) is 9.52 Å². The number of carbonyl (C=O) groups is 1. The van der Waals surface area contributed by atoms with Crippen molar-refractivity contribution in [3.05, 3.63) is 46.5 Å². The summed E-state index contributed by atoms with van der Waals surface area (Å²) in [4.78, 5) is 17.0. The van der Waals surface area contributed by atoms with Gasteiger partial charge < -0.3 is 19.7 Å². The van der Waals surface area contributed by atoms with Gasteiger partial charge in [-0.3, -0.25) is 15.1 Å². The van der Waals surface area contributed by atoms with Crippen LogP contribution in [-0.4, -0.2) is 51.3 Å². The third-order valence-electron chi connectivity index (χ3n) is 3.81. The van der Waals surface area contributed by atoms with Crippen molar-refractivity contribution in [2.75, 3.05) is 19.0 Å². The van der Waals surface area contributed by atoms with E-state index in [4.69, 9.17) is 31.3 Å². The molecular weight excluding hydrogens is 439 g/mol. The maximum Gasteiger partial charge on any atom is 0.295 e. The number of carbonyl (C=O) groups excluding carboxylic acids is 1. The molecule has 0 radical (unpaired) electrons. The van der Waals surface area contributed by atoms with E-state index in [9.17, 15) is 9.18 Å². The van der Waals surface area contributed by atoms with E-state index in [1.54, 1.807) is 13.0 Å². The highest BCUT2D eigenvalue weighted by Crippen LogP contribution is 2.38. The molecule has 0 aliphatic rings. The highest BCUT2D eigenvalue weighted by atomic mass is 35.5. The van der Waals surface area contributed by atoms with Crippen molar-refractivity contribution >= 4 is 34.0 Å². The fourth-order valence-electron chi connectivity index (χ4n) is 2.53. The van der Waals surface area contributed by atoms with E-state index in [1.165, 1.54) is 25.4 Å². The maximum atomic E-state index is 14.8. The first-order valence-electron chi connectivity index (χ1n) is 8.43. The number of nitrogens with zero attached hydrogens (tertiary/aromatic N) is 3. The van der Waals surface area contributed by atoms with E-state index >= 15 is 0 Å². The molecule has 0 aliphatic carbocycles. The zero-order valence-corrected chi connectivity index (χ0v) is 17.3. The Morgan fingerprint density at radius 2 is 2.13 bits per heavy atom. The van der Waals surface area contributed by atoms with Gasteiger partial charge >= 0.3 is 0 Å². The lowest BCUT2D eigenvalue weighted by molar-refractivity contribution is -0.0681. The van der Waals surface area contributed by atoms with E-state index in [1.807, 2.05) is 0 Å². The van der Waals surface area contributed by atoms with Gasteiger partial charge in [-0.2, -0.15) is 0 Å². The monoisotopic (exact) mass is 454 g/mol. The number of aliphatic hydroxyl groups excluding tert-OH is 1. The zero-order valence-electron chi connectivity index (χ0n) is 15.7. The molecule has 3 rings (SSSR count). The van der Waals surface area contributed by atoms with Crippen molar-refractivity contribution in [1.82, 2.24) is 15.2 Å². The number of halogens is 2. The van der Waals surface area contributed by atoms with Crippen LogP contribution in [0.1, 0.15) is 16.1 Å². The van der Waals surface area contributed by atoms with Gasteiger partial charge in [-0.15, -0.1) is 5.10 Å². The Kier molecular flexibility index (Phi) is 6.77. The number of benzene rings is 1. The Hall–Kier alpha value is -2.86. The average molecular weight is 455 g/mol. The topological polar surface area (TPSA) is 127 Å². The lowest BCUT2D eigenvalue weighted by Gasteiger charge is -2.14. The van der Waals surface area contributed by atoms with Gasteiger partial charge in [-0.05, 0) is 36.5 Å². The van der Waals surface area contributed by atoms with Crippen molar-refractivity contribution < 1.29 is 28.9 Å². The molecule has 0 bridgehead atoms. The molecule has 0 atom stereocenters. The Balaban J connectivity index is 1.95. The molecule has 1 amide bonds. The van der Waals surface area contributed by atoms with Crippen LogP contribution in [0.25, 0.3) is 11.1 Å². The van der Waals surface area contributed by atoms with Gasteiger partial charge in [0.1, 0.15) is 12.4 Å². The molecule has 2 aromatic heterocycles. The summed E-state index contributed by atoms with van der Waals surface area (Å²) in [5.74, 6) is -1.15. The highest BCUT2D eigenvalue weighted by Gasteiger charge is 2.23. The SMILES string of the molecule is COc1ccc(Cl)c(F)c1-c1cc(C)ncc1C(=O)Nc1nnc(OCC(O)O)s1. The smallest absolute Gasteiger partial charge is 0.295 e. The predicted molar refractivity (Wildman–Crippen MR) is 108 cm³/mol. The van der Waals surface area contributed by atoms with E-state index in [-0.39, 0.29) is 37.8 Å². The molecule has 3 aromatic rings. The first-order chi connectivity index (χ1) is 14.3.